The van der Waals surface area contributed by atoms with Crippen molar-refractivity contribution < 1.29 is 14.4 Å². The molecule has 0 fully saturated rings. The monoisotopic (exact) mass is 396 g/mol. The molecule has 2 aromatic carbocycles. The molecule has 0 aromatic heterocycles. The Labute approximate surface area is 155 Å². The Morgan fingerprint density at radius 3 is 1.24 bits per heavy atom. The van der Waals surface area contributed by atoms with Crippen LogP contribution in [-0.2, 0) is 25.2 Å². The van der Waals surface area contributed by atoms with E-state index in [0.29, 0.717) is 0 Å². The SMILES string of the molecule is SC(S)c1ccc([CH2][Ni][CH2]c2ccc(C(S)S)cc2)cc1. The maximum absolute atomic E-state index is 4.31. The summed E-state index contributed by atoms with van der Waals surface area (Å²) in [7, 11) is 0. The molecule has 0 radical (unpaired) electrons. The van der Waals surface area contributed by atoms with Crippen molar-refractivity contribution in [1.29, 1.82) is 0 Å². The van der Waals surface area contributed by atoms with E-state index in [0.717, 1.165) is 21.9 Å². The van der Waals surface area contributed by atoms with Gasteiger partial charge in [-0.15, -0.1) is 0 Å². The predicted octanol–water partition coefficient (Wildman–Crippen LogP) is 5.19. The van der Waals surface area contributed by atoms with Gasteiger partial charge in [0, 0.05) is 0 Å². The molecule has 0 spiro atoms. The van der Waals surface area contributed by atoms with Gasteiger partial charge in [-0.25, -0.2) is 0 Å². The van der Waals surface area contributed by atoms with Crippen LogP contribution in [0.2, 0.25) is 0 Å². The van der Waals surface area contributed by atoms with Gasteiger partial charge >= 0.3 is 156 Å². The van der Waals surface area contributed by atoms with Crippen LogP contribution in [0.4, 0.5) is 0 Å². The minimum absolute atomic E-state index is 0.00505. The standard InChI is InChI=1S/2C8H9S2.Ni/c2*1-6-2-4-7(5-3-6)8(9)10;/h2*2-5,8-10H,1H2;. The molecule has 0 aliphatic heterocycles. The van der Waals surface area contributed by atoms with Gasteiger partial charge in [0.1, 0.15) is 0 Å². The first kappa shape index (κ1) is 17.7. The van der Waals surface area contributed by atoms with Crippen LogP contribution in [0.5, 0.6) is 0 Å². The Hall–Kier alpha value is 0.334. The van der Waals surface area contributed by atoms with Gasteiger partial charge in [0.25, 0.3) is 0 Å². The molecular weight excluding hydrogens is 379 g/mol. The molecule has 0 amide bonds. The van der Waals surface area contributed by atoms with Crippen molar-refractivity contribution in [3.05, 3.63) is 70.8 Å². The van der Waals surface area contributed by atoms with E-state index in [-0.39, 0.29) is 9.16 Å². The molecule has 0 heterocycles. The second-order valence-corrected chi connectivity index (χ2v) is 8.68. The molecule has 0 bridgehead atoms. The van der Waals surface area contributed by atoms with Crippen molar-refractivity contribution in [2.24, 2.45) is 0 Å². The molecule has 2 rings (SSSR count). The van der Waals surface area contributed by atoms with Crippen LogP contribution in [-0.4, -0.2) is 0 Å². The zero-order valence-corrected chi connectivity index (χ0v) is 15.9. The Morgan fingerprint density at radius 2 is 0.952 bits per heavy atom. The number of thiol groups is 4. The average Bonchev–Trinajstić information content (AvgIpc) is 2.48. The zero-order chi connectivity index (χ0) is 15.2. The molecule has 0 saturated carbocycles. The van der Waals surface area contributed by atoms with Crippen LogP contribution in [0, 0.1) is 0 Å². The van der Waals surface area contributed by atoms with Crippen LogP contribution in [0.1, 0.15) is 31.4 Å². The molecule has 0 aliphatic carbocycles. The molecule has 0 N–H and O–H groups in total. The third-order valence-corrected chi connectivity index (χ3v) is 5.46. The summed E-state index contributed by atoms with van der Waals surface area (Å²) in [6, 6.07) is 17.0. The summed E-state index contributed by atoms with van der Waals surface area (Å²) in [5, 5.41) is 2.06. The van der Waals surface area contributed by atoms with Crippen LogP contribution in [0.15, 0.2) is 48.5 Å². The van der Waals surface area contributed by atoms with Gasteiger partial charge in [0.15, 0.2) is 0 Å². The van der Waals surface area contributed by atoms with E-state index in [4.69, 9.17) is 0 Å². The summed E-state index contributed by atoms with van der Waals surface area (Å²) in [4.78, 5) is 0. The molecular formula is C16H18NiS4. The Bertz CT molecular complexity index is 498. The number of benzene rings is 2. The molecule has 5 heteroatoms. The summed E-state index contributed by atoms with van der Waals surface area (Å²) in [6.07, 6.45) is 0. The van der Waals surface area contributed by atoms with E-state index < -0.39 is 0 Å². The second kappa shape index (κ2) is 8.83. The van der Waals surface area contributed by atoms with Gasteiger partial charge in [-0.05, 0) is 0 Å². The normalized spacial score (nSPS) is 11.5. The third kappa shape index (κ3) is 5.80. The van der Waals surface area contributed by atoms with Gasteiger partial charge in [-0.3, -0.25) is 0 Å². The first-order valence-corrected chi connectivity index (χ1v) is 9.87. The fourth-order valence-electron chi connectivity index (χ4n) is 1.75. The average molecular weight is 397 g/mol. The summed E-state index contributed by atoms with van der Waals surface area (Å²) in [6.45, 7) is 0. The number of hydrogen-bond donors (Lipinski definition) is 4. The van der Waals surface area contributed by atoms with Gasteiger partial charge in [0.05, 0.1) is 0 Å². The van der Waals surface area contributed by atoms with Crippen molar-refractivity contribution in [1.82, 2.24) is 0 Å². The molecule has 2 aromatic rings. The van der Waals surface area contributed by atoms with Gasteiger partial charge in [-0.1, -0.05) is 0 Å². The summed E-state index contributed by atoms with van der Waals surface area (Å²) in [5.74, 6) is 0. The Balaban J connectivity index is 1.83. The molecule has 0 nitrogen and oxygen atoms in total. The first-order valence-electron chi connectivity index (χ1n) is 6.41. The van der Waals surface area contributed by atoms with Crippen molar-refractivity contribution >= 4 is 50.5 Å². The van der Waals surface area contributed by atoms with E-state index in [2.05, 4.69) is 99.0 Å². The third-order valence-electron chi connectivity index (χ3n) is 2.97. The van der Waals surface area contributed by atoms with Crippen LogP contribution in [0.3, 0.4) is 0 Å². The van der Waals surface area contributed by atoms with Gasteiger partial charge < -0.3 is 0 Å². The molecule has 21 heavy (non-hydrogen) atoms. The summed E-state index contributed by atoms with van der Waals surface area (Å²) >= 11 is 19.0. The van der Waals surface area contributed by atoms with E-state index in [1.54, 1.807) is 14.4 Å². The Kier molecular flexibility index (Phi) is 7.44. The quantitative estimate of drug-likeness (QED) is 0.288. The van der Waals surface area contributed by atoms with Crippen LogP contribution >= 0.6 is 50.5 Å². The van der Waals surface area contributed by atoms with E-state index in [1.807, 2.05) is 0 Å². The zero-order valence-electron chi connectivity index (χ0n) is 11.3. The van der Waals surface area contributed by atoms with Gasteiger partial charge in [0.2, 0.25) is 0 Å². The maximum atomic E-state index is 4.31. The van der Waals surface area contributed by atoms with Crippen molar-refractivity contribution in [2.75, 3.05) is 0 Å². The van der Waals surface area contributed by atoms with E-state index >= 15 is 0 Å². The topological polar surface area (TPSA) is 0 Å². The van der Waals surface area contributed by atoms with Crippen LogP contribution < -0.4 is 0 Å². The molecule has 0 saturated heterocycles. The molecule has 0 aliphatic rings. The summed E-state index contributed by atoms with van der Waals surface area (Å²) in [5.41, 5.74) is 4.95. The fraction of sp³-hybridized carbons (Fsp3) is 0.250. The minimum atomic E-state index is -0.00505. The molecule has 116 valence electrons. The Morgan fingerprint density at radius 1 is 0.619 bits per heavy atom. The van der Waals surface area contributed by atoms with E-state index in [1.165, 1.54) is 11.1 Å². The number of hydrogen-bond acceptors (Lipinski definition) is 4. The number of rotatable bonds is 6. The first-order chi connectivity index (χ1) is 10.1. The van der Waals surface area contributed by atoms with E-state index in [9.17, 15) is 0 Å². The van der Waals surface area contributed by atoms with Crippen LogP contribution in [0.25, 0.3) is 0 Å². The van der Waals surface area contributed by atoms with Crippen molar-refractivity contribution in [3.63, 3.8) is 0 Å². The van der Waals surface area contributed by atoms with Gasteiger partial charge in [-0.2, -0.15) is 0 Å². The predicted molar refractivity (Wildman–Crippen MR) is 102 cm³/mol. The molecule has 0 atom stereocenters. The van der Waals surface area contributed by atoms with Crippen molar-refractivity contribution in [3.8, 4) is 0 Å². The molecule has 0 unspecified atom stereocenters. The van der Waals surface area contributed by atoms with Crippen molar-refractivity contribution in [2.45, 2.75) is 19.9 Å². The fourth-order valence-corrected chi connectivity index (χ4v) is 3.60. The second-order valence-electron chi connectivity index (χ2n) is 4.61. The summed E-state index contributed by atoms with van der Waals surface area (Å²) < 4.78 is -0.0101.